The van der Waals surface area contributed by atoms with Crippen molar-refractivity contribution in [2.24, 2.45) is 11.8 Å². The van der Waals surface area contributed by atoms with Gasteiger partial charge in [0.15, 0.2) is 0 Å². The van der Waals surface area contributed by atoms with Crippen LogP contribution in [0.3, 0.4) is 0 Å². The Morgan fingerprint density at radius 3 is 2.70 bits per heavy atom. The zero-order valence-corrected chi connectivity index (χ0v) is 12.3. The highest BCUT2D eigenvalue weighted by Crippen LogP contribution is 2.40. The zero-order valence-electron chi connectivity index (χ0n) is 11.5. The van der Waals surface area contributed by atoms with Crippen LogP contribution in [0.1, 0.15) is 18.4 Å². The van der Waals surface area contributed by atoms with Gasteiger partial charge in [-0.3, -0.25) is 0 Å². The van der Waals surface area contributed by atoms with E-state index in [4.69, 9.17) is 5.73 Å². The highest BCUT2D eigenvalue weighted by molar-refractivity contribution is 7.89. The monoisotopic (exact) mass is 296 g/mol. The van der Waals surface area contributed by atoms with Crippen molar-refractivity contribution < 1.29 is 13.5 Å². The van der Waals surface area contributed by atoms with E-state index in [1.165, 1.54) is 10.4 Å². The third-order valence-corrected chi connectivity index (χ3v) is 6.50. The summed E-state index contributed by atoms with van der Waals surface area (Å²) in [5.74, 6) is 0.384. The molecule has 3 N–H and O–H groups in total. The Kier molecular flexibility index (Phi) is 3.27. The summed E-state index contributed by atoms with van der Waals surface area (Å²) in [5.41, 5.74) is 7.17. The summed E-state index contributed by atoms with van der Waals surface area (Å²) in [6.45, 7) is 2.78. The van der Waals surface area contributed by atoms with E-state index in [-0.39, 0.29) is 16.9 Å². The number of aliphatic hydroxyl groups excluding tert-OH is 1. The Morgan fingerprint density at radius 1 is 1.30 bits per heavy atom. The number of hydrogen-bond donors (Lipinski definition) is 2. The maximum absolute atomic E-state index is 12.6. The molecule has 2 fully saturated rings. The fraction of sp³-hybridized carbons (Fsp3) is 0.571. The number of rotatable bonds is 2. The van der Waals surface area contributed by atoms with Crippen LogP contribution in [0.25, 0.3) is 0 Å². The van der Waals surface area contributed by atoms with Crippen molar-refractivity contribution in [3.05, 3.63) is 23.8 Å². The summed E-state index contributed by atoms with van der Waals surface area (Å²) in [5, 5.41) is 9.89. The summed E-state index contributed by atoms with van der Waals surface area (Å²) in [4.78, 5) is 0.245. The van der Waals surface area contributed by atoms with Crippen molar-refractivity contribution in [1.29, 1.82) is 0 Å². The van der Waals surface area contributed by atoms with Crippen LogP contribution in [0.5, 0.6) is 0 Å². The number of nitrogens with zero attached hydrogens (tertiary/aromatic N) is 1. The maximum atomic E-state index is 12.6. The molecule has 1 saturated heterocycles. The van der Waals surface area contributed by atoms with Crippen LogP contribution < -0.4 is 5.73 Å². The smallest absolute Gasteiger partial charge is 0.243 e. The molecule has 2 aliphatic rings. The highest BCUT2D eigenvalue weighted by Gasteiger charge is 2.45. The molecule has 6 heteroatoms. The van der Waals surface area contributed by atoms with Gasteiger partial charge in [-0.1, -0.05) is 6.07 Å². The second kappa shape index (κ2) is 4.72. The van der Waals surface area contributed by atoms with Gasteiger partial charge in [-0.25, -0.2) is 8.42 Å². The third kappa shape index (κ3) is 2.12. The molecule has 1 heterocycles. The van der Waals surface area contributed by atoms with Crippen LogP contribution in [0.15, 0.2) is 23.1 Å². The van der Waals surface area contributed by atoms with Crippen LogP contribution >= 0.6 is 0 Å². The number of anilines is 1. The lowest BCUT2D eigenvalue weighted by Crippen LogP contribution is -2.31. The quantitative estimate of drug-likeness (QED) is 0.797. The molecule has 0 aromatic heterocycles. The van der Waals surface area contributed by atoms with Gasteiger partial charge >= 0.3 is 0 Å². The van der Waals surface area contributed by atoms with Crippen molar-refractivity contribution in [1.82, 2.24) is 4.31 Å². The third-order valence-electron chi connectivity index (χ3n) is 4.67. The van der Waals surface area contributed by atoms with Gasteiger partial charge in [-0.15, -0.1) is 0 Å². The lowest BCUT2D eigenvalue weighted by molar-refractivity contribution is 0.129. The first kappa shape index (κ1) is 13.9. The molecule has 0 spiro atoms. The predicted molar refractivity (Wildman–Crippen MR) is 76.6 cm³/mol. The molecule has 1 aromatic carbocycles. The summed E-state index contributed by atoms with van der Waals surface area (Å²) >= 11 is 0. The summed E-state index contributed by atoms with van der Waals surface area (Å²) in [6.07, 6.45) is 1.34. The summed E-state index contributed by atoms with van der Waals surface area (Å²) in [7, 11) is -3.50. The Labute approximate surface area is 119 Å². The maximum Gasteiger partial charge on any atom is 0.243 e. The van der Waals surface area contributed by atoms with Gasteiger partial charge in [0.1, 0.15) is 0 Å². The first-order valence-electron chi connectivity index (χ1n) is 6.94. The van der Waals surface area contributed by atoms with Gasteiger partial charge in [-0.2, -0.15) is 4.31 Å². The second-order valence-electron chi connectivity index (χ2n) is 5.91. The number of aliphatic hydroxyl groups is 1. The van der Waals surface area contributed by atoms with Crippen LogP contribution in [-0.4, -0.2) is 37.0 Å². The average Bonchev–Trinajstić information content (AvgIpc) is 2.96. The minimum absolute atomic E-state index is 0.0903. The van der Waals surface area contributed by atoms with E-state index in [0.29, 0.717) is 24.7 Å². The molecule has 0 amide bonds. The number of nitrogen functional groups attached to an aromatic ring is 1. The van der Waals surface area contributed by atoms with Crippen molar-refractivity contribution in [3.8, 4) is 0 Å². The molecular formula is C14H20N2O3S. The molecule has 0 radical (unpaired) electrons. The van der Waals surface area contributed by atoms with Crippen LogP contribution in [0.4, 0.5) is 5.69 Å². The number of sulfonamides is 1. The molecule has 3 atom stereocenters. The fourth-order valence-corrected chi connectivity index (χ4v) is 4.89. The standard InChI is InChI=1S/C14H20N2O3S/c1-9-2-4-11(6-13(9)15)20(18,19)16-7-10-3-5-14(17)12(10)8-16/h2,4,6,10,12,14,17H,3,5,7-8,15H2,1H3. The van der Waals surface area contributed by atoms with E-state index in [0.717, 1.165) is 18.4 Å². The van der Waals surface area contributed by atoms with E-state index < -0.39 is 10.0 Å². The fourth-order valence-electron chi connectivity index (χ4n) is 3.32. The van der Waals surface area contributed by atoms with E-state index >= 15 is 0 Å². The van der Waals surface area contributed by atoms with E-state index in [1.807, 2.05) is 6.92 Å². The normalized spacial score (nSPS) is 30.6. The Morgan fingerprint density at radius 2 is 2.05 bits per heavy atom. The van der Waals surface area contributed by atoms with Crippen LogP contribution in [0, 0.1) is 18.8 Å². The molecule has 3 unspecified atom stereocenters. The van der Waals surface area contributed by atoms with Crippen molar-refractivity contribution in [2.75, 3.05) is 18.8 Å². The highest BCUT2D eigenvalue weighted by atomic mass is 32.2. The molecule has 1 aliphatic carbocycles. The topological polar surface area (TPSA) is 83.6 Å². The van der Waals surface area contributed by atoms with Crippen LogP contribution in [0.2, 0.25) is 0 Å². The SMILES string of the molecule is Cc1ccc(S(=O)(=O)N2CC3CCC(O)C3C2)cc1N. The van der Waals surface area contributed by atoms with Gasteiger partial charge in [0, 0.05) is 24.7 Å². The molecule has 110 valence electrons. The number of benzene rings is 1. The summed E-state index contributed by atoms with van der Waals surface area (Å²) < 4.78 is 26.7. The number of hydrogen-bond acceptors (Lipinski definition) is 4. The Balaban J connectivity index is 1.88. The second-order valence-corrected chi connectivity index (χ2v) is 7.85. The molecule has 1 aliphatic heterocycles. The van der Waals surface area contributed by atoms with Gasteiger partial charge in [0.25, 0.3) is 0 Å². The largest absolute Gasteiger partial charge is 0.398 e. The van der Waals surface area contributed by atoms with Crippen molar-refractivity contribution in [2.45, 2.75) is 30.8 Å². The first-order valence-corrected chi connectivity index (χ1v) is 8.38. The first-order chi connectivity index (χ1) is 9.39. The minimum atomic E-state index is -3.50. The number of fused-ring (bicyclic) bond motifs is 1. The Hall–Kier alpha value is -1.11. The van der Waals surface area contributed by atoms with Gasteiger partial charge in [-0.05, 0) is 43.4 Å². The molecule has 0 bridgehead atoms. The van der Waals surface area contributed by atoms with E-state index in [9.17, 15) is 13.5 Å². The number of aryl methyl sites for hydroxylation is 1. The van der Waals surface area contributed by atoms with E-state index in [1.54, 1.807) is 12.1 Å². The van der Waals surface area contributed by atoms with Gasteiger partial charge in [0.05, 0.1) is 11.0 Å². The van der Waals surface area contributed by atoms with Crippen molar-refractivity contribution in [3.63, 3.8) is 0 Å². The average molecular weight is 296 g/mol. The van der Waals surface area contributed by atoms with E-state index in [2.05, 4.69) is 0 Å². The van der Waals surface area contributed by atoms with Crippen molar-refractivity contribution >= 4 is 15.7 Å². The predicted octanol–water partition coefficient (Wildman–Crippen LogP) is 0.969. The molecule has 1 saturated carbocycles. The Bertz CT molecular complexity index is 629. The van der Waals surface area contributed by atoms with Gasteiger partial charge in [0.2, 0.25) is 10.0 Å². The zero-order chi connectivity index (χ0) is 14.5. The summed E-state index contributed by atoms with van der Waals surface area (Å²) in [6, 6.07) is 4.86. The lowest BCUT2D eigenvalue weighted by atomic mass is 10.00. The van der Waals surface area contributed by atoms with Gasteiger partial charge < -0.3 is 10.8 Å². The van der Waals surface area contributed by atoms with Crippen LogP contribution in [-0.2, 0) is 10.0 Å². The number of nitrogens with two attached hydrogens (primary N) is 1. The molecular weight excluding hydrogens is 276 g/mol. The lowest BCUT2D eigenvalue weighted by Gasteiger charge is -2.18. The molecule has 20 heavy (non-hydrogen) atoms. The molecule has 1 aromatic rings. The molecule has 3 rings (SSSR count). The molecule has 5 nitrogen and oxygen atoms in total. The minimum Gasteiger partial charge on any atom is -0.398 e.